The summed E-state index contributed by atoms with van der Waals surface area (Å²) in [5.74, 6) is 0.502. The molecule has 0 aliphatic heterocycles. The van der Waals surface area contributed by atoms with Crippen LogP contribution >= 0.6 is 0 Å². The van der Waals surface area contributed by atoms with Crippen LogP contribution in [-0.4, -0.2) is 29.5 Å². The molecule has 2 aromatic carbocycles. The third-order valence-electron chi connectivity index (χ3n) is 6.22. The van der Waals surface area contributed by atoms with Crippen molar-refractivity contribution in [3.63, 3.8) is 0 Å². The molecular weight excluding hydrogens is 422 g/mol. The number of unbranched alkanes of at least 4 members (excludes halogenated alkanes) is 1. The molecule has 0 radical (unpaired) electrons. The third kappa shape index (κ3) is 3.84. The number of pyridine rings is 1. The lowest BCUT2D eigenvalue weighted by Crippen LogP contribution is -2.25. The van der Waals surface area contributed by atoms with Crippen molar-refractivity contribution >= 4 is 37.6 Å². The number of nitrogens with two attached hydrogens (primary N) is 1. The zero-order valence-electron chi connectivity index (χ0n) is 17.9. The number of anilines is 1. The maximum atomic E-state index is 12.9. The number of aryl methyl sites for hydroxylation is 3. The minimum atomic E-state index is -3.57. The van der Waals surface area contributed by atoms with E-state index >= 15 is 0 Å². The topological polar surface area (TPSA) is 103 Å². The van der Waals surface area contributed by atoms with Gasteiger partial charge in [-0.2, -0.15) is 0 Å². The van der Waals surface area contributed by atoms with Gasteiger partial charge < -0.3 is 10.3 Å². The summed E-state index contributed by atoms with van der Waals surface area (Å²) in [6, 6.07) is 12.9. The number of fused-ring (bicyclic) bond motifs is 4. The molecular formula is C24H27N5O2S. The molecule has 0 atom stereocenters. The van der Waals surface area contributed by atoms with E-state index < -0.39 is 10.0 Å². The minimum Gasteiger partial charge on any atom is -0.382 e. The highest BCUT2D eigenvalue weighted by atomic mass is 32.2. The van der Waals surface area contributed by atoms with E-state index in [9.17, 15) is 8.42 Å². The van der Waals surface area contributed by atoms with Gasteiger partial charge in [-0.3, -0.25) is 0 Å². The smallest absolute Gasteiger partial charge is 0.241 e. The maximum absolute atomic E-state index is 12.9. The molecule has 1 aliphatic carbocycles. The fourth-order valence-electron chi connectivity index (χ4n) is 4.64. The predicted molar refractivity (Wildman–Crippen MR) is 127 cm³/mol. The van der Waals surface area contributed by atoms with E-state index in [0.29, 0.717) is 17.3 Å². The molecule has 0 saturated heterocycles. The molecule has 5 rings (SSSR count). The lowest BCUT2D eigenvalue weighted by atomic mass is 9.95. The molecule has 0 spiro atoms. The van der Waals surface area contributed by atoms with Crippen LogP contribution in [0.5, 0.6) is 0 Å². The second kappa shape index (κ2) is 8.52. The maximum Gasteiger partial charge on any atom is 0.241 e. The lowest BCUT2D eigenvalue weighted by Gasteiger charge is -2.17. The van der Waals surface area contributed by atoms with Crippen LogP contribution in [0.3, 0.4) is 0 Å². The molecule has 0 fully saturated rings. The summed E-state index contributed by atoms with van der Waals surface area (Å²) >= 11 is 0. The first-order valence-corrected chi connectivity index (χ1v) is 12.6. The summed E-state index contributed by atoms with van der Waals surface area (Å²) in [6.07, 6.45) is 7.68. The summed E-state index contributed by atoms with van der Waals surface area (Å²) in [4.78, 5) is 9.39. The Morgan fingerprint density at radius 1 is 1.03 bits per heavy atom. The Balaban J connectivity index is 1.25. The highest BCUT2D eigenvalue weighted by molar-refractivity contribution is 7.89. The monoisotopic (exact) mass is 449 g/mol. The summed E-state index contributed by atoms with van der Waals surface area (Å²) in [6.45, 7) is 1.16. The van der Waals surface area contributed by atoms with Crippen molar-refractivity contribution in [1.29, 1.82) is 0 Å². The van der Waals surface area contributed by atoms with E-state index in [4.69, 9.17) is 5.73 Å². The van der Waals surface area contributed by atoms with Gasteiger partial charge in [-0.15, -0.1) is 0 Å². The average Bonchev–Trinajstić information content (AvgIpc) is 3.23. The number of sulfonamides is 1. The molecule has 2 aromatic heterocycles. The van der Waals surface area contributed by atoms with E-state index in [1.165, 1.54) is 5.56 Å². The first-order chi connectivity index (χ1) is 15.5. The number of rotatable bonds is 7. The molecule has 8 heteroatoms. The molecule has 0 bridgehead atoms. The van der Waals surface area contributed by atoms with Crippen molar-refractivity contribution in [1.82, 2.24) is 19.3 Å². The van der Waals surface area contributed by atoms with Crippen molar-refractivity contribution in [2.45, 2.75) is 50.0 Å². The van der Waals surface area contributed by atoms with Gasteiger partial charge in [-0.25, -0.2) is 23.1 Å². The van der Waals surface area contributed by atoms with E-state index in [2.05, 4.69) is 19.3 Å². The van der Waals surface area contributed by atoms with Crippen LogP contribution < -0.4 is 10.5 Å². The fourth-order valence-corrected chi connectivity index (χ4v) is 5.94. The van der Waals surface area contributed by atoms with Gasteiger partial charge in [0.15, 0.2) is 5.82 Å². The molecule has 1 aliphatic rings. The van der Waals surface area contributed by atoms with Crippen molar-refractivity contribution in [2.75, 3.05) is 12.3 Å². The van der Waals surface area contributed by atoms with Gasteiger partial charge in [-0.1, -0.05) is 36.4 Å². The number of imidazole rings is 1. The van der Waals surface area contributed by atoms with Gasteiger partial charge in [0.1, 0.15) is 5.52 Å². The van der Waals surface area contributed by atoms with Gasteiger partial charge in [0.05, 0.1) is 16.7 Å². The van der Waals surface area contributed by atoms with Crippen LogP contribution in [0, 0.1) is 0 Å². The molecule has 0 amide bonds. The molecule has 3 N–H and O–H groups in total. The fraction of sp³-hybridized carbons (Fsp3) is 0.333. The highest BCUT2D eigenvalue weighted by Gasteiger charge is 2.20. The summed E-state index contributed by atoms with van der Waals surface area (Å²) in [5, 5.41) is 1.66. The van der Waals surface area contributed by atoms with Gasteiger partial charge in [0.25, 0.3) is 0 Å². The normalized spacial score (nSPS) is 14.1. The Morgan fingerprint density at radius 2 is 1.84 bits per heavy atom. The second-order valence-electron chi connectivity index (χ2n) is 8.35. The lowest BCUT2D eigenvalue weighted by molar-refractivity contribution is 0.568. The van der Waals surface area contributed by atoms with E-state index in [0.717, 1.165) is 72.6 Å². The summed E-state index contributed by atoms with van der Waals surface area (Å²) in [5.41, 5.74) is 10.4. The van der Waals surface area contributed by atoms with Gasteiger partial charge in [-0.05, 0) is 55.5 Å². The van der Waals surface area contributed by atoms with E-state index in [1.54, 1.807) is 12.1 Å². The van der Waals surface area contributed by atoms with Crippen LogP contribution in [0.2, 0.25) is 0 Å². The molecule has 2 heterocycles. The number of hydrogen-bond donors (Lipinski definition) is 2. The Hall–Kier alpha value is -2.97. The number of benzene rings is 2. The van der Waals surface area contributed by atoms with Crippen LogP contribution in [0.15, 0.2) is 53.7 Å². The number of nitrogens with one attached hydrogen (secondary N) is 1. The first kappa shape index (κ1) is 20.9. The van der Waals surface area contributed by atoms with E-state index in [-0.39, 0.29) is 0 Å². The Kier molecular flexibility index (Phi) is 5.57. The van der Waals surface area contributed by atoms with Crippen molar-refractivity contribution < 1.29 is 8.42 Å². The largest absolute Gasteiger partial charge is 0.382 e. The summed E-state index contributed by atoms with van der Waals surface area (Å²) < 4.78 is 30.6. The number of nitrogens with zero attached hydrogens (tertiary/aromatic N) is 3. The standard InChI is InChI=1S/C24H27N5O2S/c25-24-22-23(19-11-3-4-12-20(19)28-24)29(16-26-22)15-6-5-14-27-32(30,31)21-13-7-9-17-8-1-2-10-18(17)21/h1-2,7-10,13,16,27H,3-6,11-12,14-15H2,(H2,25,28). The Labute approximate surface area is 187 Å². The molecule has 0 unspecified atom stereocenters. The van der Waals surface area contributed by atoms with Gasteiger partial charge in [0, 0.05) is 24.2 Å². The number of nitrogen functional groups attached to an aromatic ring is 1. The van der Waals surface area contributed by atoms with Crippen LogP contribution in [0.1, 0.15) is 36.9 Å². The van der Waals surface area contributed by atoms with E-state index in [1.807, 2.05) is 36.7 Å². The number of aromatic nitrogens is 3. The summed E-state index contributed by atoms with van der Waals surface area (Å²) in [7, 11) is -3.57. The van der Waals surface area contributed by atoms with Crippen LogP contribution in [0.4, 0.5) is 5.82 Å². The SMILES string of the molecule is Nc1nc2c(c3c1ncn3CCCCNS(=O)(=O)c1cccc3ccccc13)CCCC2. The van der Waals surface area contributed by atoms with Crippen molar-refractivity contribution in [3.05, 3.63) is 60.0 Å². The zero-order chi connectivity index (χ0) is 22.1. The molecule has 32 heavy (non-hydrogen) atoms. The van der Waals surface area contributed by atoms with Gasteiger partial charge >= 0.3 is 0 Å². The van der Waals surface area contributed by atoms with Crippen LogP contribution in [0.25, 0.3) is 21.8 Å². The van der Waals surface area contributed by atoms with Crippen molar-refractivity contribution in [2.24, 2.45) is 0 Å². The second-order valence-corrected chi connectivity index (χ2v) is 10.1. The quantitative estimate of drug-likeness (QED) is 0.418. The highest BCUT2D eigenvalue weighted by Crippen LogP contribution is 2.30. The Morgan fingerprint density at radius 3 is 2.75 bits per heavy atom. The minimum absolute atomic E-state index is 0.325. The predicted octanol–water partition coefficient (Wildman–Crippen LogP) is 3.80. The van der Waals surface area contributed by atoms with Gasteiger partial charge in [0.2, 0.25) is 10.0 Å². The van der Waals surface area contributed by atoms with Crippen molar-refractivity contribution in [3.8, 4) is 0 Å². The zero-order valence-corrected chi connectivity index (χ0v) is 18.7. The number of hydrogen-bond acceptors (Lipinski definition) is 5. The average molecular weight is 450 g/mol. The van der Waals surface area contributed by atoms with Crippen LogP contribution in [-0.2, 0) is 29.4 Å². The first-order valence-electron chi connectivity index (χ1n) is 11.1. The Bertz CT molecular complexity index is 1390. The third-order valence-corrected chi connectivity index (χ3v) is 7.74. The molecule has 166 valence electrons. The molecule has 4 aromatic rings. The molecule has 0 saturated carbocycles. The molecule has 7 nitrogen and oxygen atoms in total.